The van der Waals surface area contributed by atoms with Crippen LogP contribution in [0.5, 0.6) is 5.75 Å². The average Bonchev–Trinajstić information content (AvgIpc) is 3.28. The van der Waals surface area contributed by atoms with Gasteiger partial charge in [-0.05, 0) is 29.1 Å². The number of anilines is 1. The summed E-state index contributed by atoms with van der Waals surface area (Å²) in [5.74, 6) is 0.337. The van der Waals surface area contributed by atoms with E-state index in [0.717, 1.165) is 42.3 Å². The monoisotopic (exact) mass is 407 g/mol. The van der Waals surface area contributed by atoms with Crippen molar-refractivity contribution in [2.24, 2.45) is 0 Å². The molecule has 4 rings (SSSR count). The van der Waals surface area contributed by atoms with Gasteiger partial charge in [0.05, 0.1) is 18.3 Å². The molecule has 1 aliphatic heterocycles. The van der Waals surface area contributed by atoms with Gasteiger partial charge in [-0.25, -0.2) is 0 Å². The van der Waals surface area contributed by atoms with E-state index in [0.29, 0.717) is 12.3 Å². The molecule has 6 heteroatoms. The minimum atomic E-state index is -0.119. The molecule has 29 heavy (non-hydrogen) atoms. The van der Waals surface area contributed by atoms with E-state index in [4.69, 9.17) is 0 Å². The topological polar surface area (TPSA) is 55.8 Å². The van der Waals surface area contributed by atoms with Gasteiger partial charge >= 0.3 is 0 Å². The number of carbonyl (C=O) groups is 1. The number of phenolic OH excluding ortho intramolecular Hbond substituents is 1. The molecule has 0 bridgehead atoms. The Morgan fingerprint density at radius 2 is 1.69 bits per heavy atom. The third kappa shape index (κ3) is 4.78. The fraction of sp³-hybridized carbons (Fsp3) is 0.261. The van der Waals surface area contributed by atoms with Gasteiger partial charge < -0.3 is 15.3 Å². The molecule has 1 atom stereocenters. The first kappa shape index (κ1) is 19.5. The Bertz CT molecular complexity index is 922. The van der Waals surface area contributed by atoms with Crippen molar-refractivity contribution >= 4 is 22.9 Å². The van der Waals surface area contributed by atoms with Crippen LogP contribution in [0.1, 0.15) is 16.5 Å². The fourth-order valence-corrected chi connectivity index (χ4v) is 4.51. The van der Waals surface area contributed by atoms with Crippen molar-refractivity contribution in [1.82, 2.24) is 10.2 Å². The molecule has 3 aromatic rings. The number of amides is 1. The molecule has 1 amide bonds. The summed E-state index contributed by atoms with van der Waals surface area (Å²) in [5, 5.41) is 15.3. The lowest BCUT2D eigenvalue weighted by molar-refractivity contribution is -0.122. The van der Waals surface area contributed by atoms with Gasteiger partial charge in [-0.1, -0.05) is 48.5 Å². The number of para-hydroxylation sites is 2. The van der Waals surface area contributed by atoms with E-state index in [9.17, 15) is 9.90 Å². The van der Waals surface area contributed by atoms with Crippen LogP contribution in [0, 0.1) is 0 Å². The molecule has 0 spiro atoms. The molecule has 2 aromatic carbocycles. The van der Waals surface area contributed by atoms with E-state index < -0.39 is 0 Å². The molecule has 150 valence electrons. The maximum atomic E-state index is 12.8. The number of nitrogens with zero attached hydrogens (tertiary/aromatic N) is 2. The Morgan fingerprint density at radius 1 is 0.966 bits per heavy atom. The number of nitrogens with one attached hydrogen (secondary N) is 1. The lowest BCUT2D eigenvalue weighted by Crippen LogP contribution is -2.49. The molecule has 1 aliphatic rings. The van der Waals surface area contributed by atoms with E-state index in [1.54, 1.807) is 17.4 Å². The summed E-state index contributed by atoms with van der Waals surface area (Å²) in [5.41, 5.74) is 1.95. The molecular formula is C23H25N3O2S. The summed E-state index contributed by atoms with van der Waals surface area (Å²) in [6.45, 7) is 3.53. The van der Waals surface area contributed by atoms with E-state index in [-0.39, 0.29) is 11.9 Å². The molecule has 1 fully saturated rings. The Morgan fingerprint density at radius 3 is 2.38 bits per heavy atom. The average molecular weight is 408 g/mol. The second-order valence-corrected chi connectivity index (χ2v) is 8.16. The minimum Gasteiger partial charge on any atom is -0.506 e. The first-order valence-corrected chi connectivity index (χ1v) is 10.7. The van der Waals surface area contributed by atoms with Crippen LogP contribution in [0.3, 0.4) is 0 Å². The first-order chi connectivity index (χ1) is 14.2. The number of aromatic hydroxyl groups is 1. The van der Waals surface area contributed by atoms with Gasteiger partial charge in [-0.2, -0.15) is 0 Å². The van der Waals surface area contributed by atoms with Crippen molar-refractivity contribution in [2.75, 3.05) is 37.6 Å². The third-order valence-electron chi connectivity index (χ3n) is 5.23. The molecule has 2 heterocycles. The van der Waals surface area contributed by atoms with E-state index in [1.807, 2.05) is 47.8 Å². The van der Waals surface area contributed by atoms with Crippen molar-refractivity contribution in [3.63, 3.8) is 0 Å². The predicted molar refractivity (Wildman–Crippen MR) is 118 cm³/mol. The van der Waals surface area contributed by atoms with Crippen molar-refractivity contribution < 1.29 is 9.90 Å². The Hall–Kier alpha value is -2.83. The molecule has 1 saturated heterocycles. The summed E-state index contributed by atoms with van der Waals surface area (Å²) >= 11 is 1.65. The van der Waals surface area contributed by atoms with E-state index >= 15 is 0 Å². The Labute approximate surface area is 175 Å². The fourth-order valence-electron chi connectivity index (χ4n) is 3.71. The van der Waals surface area contributed by atoms with Crippen LogP contribution in [0.15, 0.2) is 72.1 Å². The van der Waals surface area contributed by atoms with Crippen LogP contribution in [-0.2, 0) is 4.79 Å². The molecule has 0 saturated carbocycles. The van der Waals surface area contributed by atoms with Gasteiger partial charge in [0.1, 0.15) is 5.75 Å². The lowest BCUT2D eigenvalue weighted by Gasteiger charge is -2.36. The van der Waals surface area contributed by atoms with Gasteiger partial charge in [-0.3, -0.25) is 9.69 Å². The Kier molecular flexibility index (Phi) is 6.12. The summed E-state index contributed by atoms with van der Waals surface area (Å²) < 4.78 is 0. The summed E-state index contributed by atoms with van der Waals surface area (Å²) in [6.07, 6.45) is 0. The van der Waals surface area contributed by atoms with Crippen LogP contribution in [0.25, 0.3) is 0 Å². The van der Waals surface area contributed by atoms with Gasteiger partial charge in [0.2, 0.25) is 5.91 Å². The molecule has 1 aromatic heterocycles. The second kappa shape index (κ2) is 9.11. The van der Waals surface area contributed by atoms with Crippen LogP contribution < -0.4 is 10.2 Å². The number of phenols is 1. The highest BCUT2D eigenvalue weighted by molar-refractivity contribution is 7.10. The number of carbonyl (C=O) groups excluding carboxylic acids is 1. The summed E-state index contributed by atoms with van der Waals surface area (Å²) in [4.78, 5) is 18.3. The molecule has 5 nitrogen and oxygen atoms in total. The van der Waals surface area contributed by atoms with Crippen LogP contribution >= 0.6 is 11.3 Å². The van der Waals surface area contributed by atoms with Crippen molar-refractivity contribution in [2.45, 2.75) is 6.04 Å². The van der Waals surface area contributed by atoms with Gasteiger partial charge in [-0.15, -0.1) is 11.3 Å². The van der Waals surface area contributed by atoms with Crippen molar-refractivity contribution in [1.29, 1.82) is 0 Å². The normalized spacial score (nSPS) is 15.8. The number of hydrogen-bond acceptors (Lipinski definition) is 5. The number of thiophene rings is 1. The zero-order chi connectivity index (χ0) is 20.1. The highest BCUT2D eigenvalue weighted by atomic mass is 32.1. The number of piperazine rings is 1. The number of hydrogen-bond donors (Lipinski definition) is 2. The van der Waals surface area contributed by atoms with E-state index in [2.05, 4.69) is 33.3 Å². The van der Waals surface area contributed by atoms with Crippen LogP contribution in [-0.4, -0.2) is 48.6 Å². The van der Waals surface area contributed by atoms with Gasteiger partial charge in [0.25, 0.3) is 0 Å². The SMILES string of the molecule is O=C(CN1CCN(c2ccccc2O)CC1)NC(c1ccccc1)c1cccs1. The number of rotatable bonds is 6. The molecule has 1 unspecified atom stereocenters. The first-order valence-electron chi connectivity index (χ1n) is 9.84. The second-order valence-electron chi connectivity index (χ2n) is 7.18. The zero-order valence-electron chi connectivity index (χ0n) is 16.2. The lowest BCUT2D eigenvalue weighted by atomic mass is 10.1. The summed E-state index contributed by atoms with van der Waals surface area (Å²) in [6, 6.07) is 21.5. The predicted octanol–water partition coefficient (Wildman–Crippen LogP) is 3.48. The standard InChI is InChI=1S/C23H25N3O2S/c27-20-10-5-4-9-19(20)26-14-12-25(13-15-26)17-22(28)24-23(21-11-6-16-29-21)18-7-2-1-3-8-18/h1-11,16,23,27H,12-15,17H2,(H,24,28). The molecule has 0 radical (unpaired) electrons. The largest absolute Gasteiger partial charge is 0.506 e. The minimum absolute atomic E-state index is 0.0308. The highest BCUT2D eigenvalue weighted by Gasteiger charge is 2.23. The molecule has 0 aliphatic carbocycles. The molecule has 2 N–H and O–H groups in total. The maximum absolute atomic E-state index is 12.8. The third-order valence-corrected chi connectivity index (χ3v) is 6.17. The van der Waals surface area contributed by atoms with Gasteiger partial charge in [0, 0.05) is 31.1 Å². The van der Waals surface area contributed by atoms with Crippen molar-refractivity contribution in [3.8, 4) is 5.75 Å². The summed E-state index contributed by atoms with van der Waals surface area (Å²) in [7, 11) is 0. The Balaban J connectivity index is 1.35. The van der Waals surface area contributed by atoms with Crippen LogP contribution in [0.2, 0.25) is 0 Å². The zero-order valence-corrected chi connectivity index (χ0v) is 17.0. The quantitative estimate of drug-likeness (QED) is 0.657. The number of benzene rings is 2. The maximum Gasteiger partial charge on any atom is 0.234 e. The smallest absolute Gasteiger partial charge is 0.234 e. The van der Waals surface area contributed by atoms with Crippen molar-refractivity contribution in [3.05, 3.63) is 82.6 Å². The van der Waals surface area contributed by atoms with E-state index in [1.165, 1.54) is 0 Å². The van der Waals surface area contributed by atoms with Gasteiger partial charge in [0.15, 0.2) is 0 Å². The molecular weight excluding hydrogens is 382 g/mol. The highest BCUT2D eigenvalue weighted by Crippen LogP contribution is 2.28. The van der Waals surface area contributed by atoms with Crippen LogP contribution in [0.4, 0.5) is 5.69 Å².